The molecule has 0 fully saturated rings. The monoisotopic (exact) mass is 1390 g/mol. The second-order valence-electron chi connectivity index (χ2n) is 22.9. The molecular formula is C73H97ClN16O10. The number of carbonyl (C=O) groups excluding carboxylic acids is 10. The lowest BCUT2D eigenvalue weighted by Gasteiger charge is -2.00. The Morgan fingerprint density at radius 1 is 0.260 bits per heavy atom. The molecule has 0 unspecified atom stereocenters. The van der Waals surface area contributed by atoms with Crippen molar-refractivity contribution in [2.75, 3.05) is 0 Å². The Morgan fingerprint density at radius 3 is 0.680 bits per heavy atom. The SMILES string of the molecule is CC(C)c1ccc(Cl)nn1.CC(C)c1cccnc1.CC(C)c1cccnc1.CC(C)c1cccnn1.CC(C)c1cnccn1.CC(C)c1cnccn1.Cc1ccc(C(C)C)nn1.Cc1ccc(C(C)C)nn1.Cc1ccc(C(C)C)nn1.O=C=O.O=C=O.O=C=O.O=C=O.O=C=O. The minimum absolute atomic E-state index is 0.250. The summed E-state index contributed by atoms with van der Waals surface area (Å²) in [4.78, 5) is 105. The molecule has 0 bridgehead atoms. The van der Waals surface area contributed by atoms with Gasteiger partial charge >= 0.3 is 30.8 Å². The number of aryl methyl sites for hydroxylation is 3. The zero-order valence-corrected chi connectivity index (χ0v) is 62.0. The van der Waals surface area contributed by atoms with Crippen LogP contribution in [0.2, 0.25) is 5.15 Å². The molecule has 26 nitrogen and oxygen atoms in total. The van der Waals surface area contributed by atoms with Gasteiger partial charge in [-0.25, -0.2) is 0 Å². The average Bonchev–Trinajstić information content (AvgIpc) is 1.14. The van der Waals surface area contributed by atoms with E-state index in [1.807, 2.05) is 99.9 Å². The van der Waals surface area contributed by atoms with E-state index in [0.717, 1.165) is 56.9 Å². The van der Waals surface area contributed by atoms with E-state index in [4.69, 9.17) is 59.5 Å². The summed E-state index contributed by atoms with van der Waals surface area (Å²) in [6.07, 6.45) is 20.7. The first-order chi connectivity index (χ1) is 47.4. The highest BCUT2D eigenvalue weighted by Gasteiger charge is 2.03. The van der Waals surface area contributed by atoms with E-state index in [2.05, 4.69) is 218 Å². The molecule has 0 radical (unpaired) electrons. The summed E-state index contributed by atoms with van der Waals surface area (Å²) in [5, 5.41) is 39.7. The van der Waals surface area contributed by atoms with Gasteiger partial charge in [-0.2, -0.15) is 93.8 Å². The van der Waals surface area contributed by atoms with Crippen LogP contribution >= 0.6 is 11.6 Å². The minimum atomic E-state index is 0.250. The van der Waals surface area contributed by atoms with Gasteiger partial charge in [0.1, 0.15) is 0 Å². The van der Waals surface area contributed by atoms with Crippen molar-refractivity contribution in [3.05, 3.63) is 226 Å². The summed E-state index contributed by atoms with van der Waals surface area (Å²) in [6, 6.07) is 27.7. The van der Waals surface area contributed by atoms with Gasteiger partial charge in [0.2, 0.25) is 0 Å². The molecule has 100 heavy (non-hydrogen) atoms. The molecule has 9 heterocycles. The van der Waals surface area contributed by atoms with Crippen molar-refractivity contribution in [1.29, 1.82) is 0 Å². The van der Waals surface area contributed by atoms with E-state index in [1.54, 1.807) is 61.8 Å². The number of aromatic nitrogens is 16. The molecule has 0 aliphatic heterocycles. The predicted octanol–water partition coefficient (Wildman–Crippen LogP) is 14.3. The van der Waals surface area contributed by atoms with Crippen molar-refractivity contribution in [2.45, 2.75) is 199 Å². The molecular weight excluding hydrogens is 1300 g/mol. The van der Waals surface area contributed by atoms with Crippen LogP contribution in [0.5, 0.6) is 0 Å². The first-order valence-electron chi connectivity index (χ1n) is 31.4. The maximum Gasteiger partial charge on any atom is 0.373 e. The van der Waals surface area contributed by atoms with Crippen molar-refractivity contribution >= 4 is 42.4 Å². The molecule has 0 atom stereocenters. The molecule has 0 saturated heterocycles. The highest BCUT2D eigenvalue weighted by atomic mass is 35.5. The van der Waals surface area contributed by atoms with Crippen molar-refractivity contribution in [2.24, 2.45) is 0 Å². The topological polar surface area (TPSA) is 377 Å². The van der Waals surface area contributed by atoms with Crippen LogP contribution in [0.4, 0.5) is 0 Å². The van der Waals surface area contributed by atoms with E-state index in [9.17, 15) is 0 Å². The standard InChI is InChI=1S/3C8H12N2.2C8H11N.C7H9ClN2.3C7H10N2.5CO2/c3*1-6(2)8-5-4-7(3)9-10-8;2*1-7(2)8-4-3-5-9-6-8;1-5(2)6-3-4-7(8)10-9-6;2*1-6(2)7-5-8-3-4-9-7;1-6(2)7-4-3-5-8-9-7;5*2-1-3/h3*4-6H,1-3H3;2*3-7H,1-2H3;3-5H,1-2H3;3*3-6H,1-2H3;;;;;. The second kappa shape index (κ2) is 65.3. The van der Waals surface area contributed by atoms with E-state index >= 15 is 0 Å². The first kappa shape index (κ1) is 97.7. The molecule has 27 heteroatoms. The Bertz CT molecular complexity index is 3000. The average molecular weight is 1390 g/mol. The summed E-state index contributed by atoms with van der Waals surface area (Å²) in [5.41, 5.74) is 12.9. The normalized spacial score (nSPS) is 9.11. The van der Waals surface area contributed by atoms with E-state index in [0.29, 0.717) is 58.4 Å². The van der Waals surface area contributed by atoms with Crippen LogP contribution < -0.4 is 0 Å². The molecule has 0 aromatic carbocycles. The van der Waals surface area contributed by atoms with E-state index in [-0.39, 0.29) is 30.8 Å². The van der Waals surface area contributed by atoms with Gasteiger partial charge in [-0.3, -0.25) is 29.9 Å². The fourth-order valence-electron chi connectivity index (χ4n) is 6.06. The third-order valence-electron chi connectivity index (χ3n) is 11.7. The molecule has 0 amide bonds. The van der Waals surface area contributed by atoms with Crippen LogP contribution in [0.3, 0.4) is 0 Å². The molecule has 9 aromatic rings. The van der Waals surface area contributed by atoms with Crippen LogP contribution in [0.15, 0.2) is 153 Å². The largest absolute Gasteiger partial charge is 0.373 e. The quantitative estimate of drug-likeness (QED) is 0.129. The van der Waals surface area contributed by atoms with Gasteiger partial charge in [-0.15, -0.1) is 5.10 Å². The highest BCUT2D eigenvalue weighted by Crippen LogP contribution is 2.15. The predicted molar refractivity (Wildman–Crippen MR) is 374 cm³/mol. The van der Waals surface area contributed by atoms with Crippen LogP contribution in [-0.4, -0.2) is 112 Å². The maximum absolute atomic E-state index is 8.12. The van der Waals surface area contributed by atoms with Crippen LogP contribution in [-0.2, 0) is 47.9 Å². The van der Waals surface area contributed by atoms with Gasteiger partial charge in [0.05, 0.1) is 56.9 Å². The third-order valence-corrected chi connectivity index (χ3v) is 11.9. The Morgan fingerprint density at radius 2 is 0.520 bits per heavy atom. The molecule has 9 rings (SSSR count). The van der Waals surface area contributed by atoms with Gasteiger partial charge in [0.15, 0.2) is 5.15 Å². The number of hydrogen-bond donors (Lipinski definition) is 0. The van der Waals surface area contributed by atoms with Crippen LogP contribution in [0.1, 0.15) is 246 Å². The lowest BCUT2D eigenvalue weighted by Crippen LogP contribution is -1.95. The fraction of sp³-hybridized carbons (Fsp3) is 0.411. The van der Waals surface area contributed by atoms with Crippen molar-refractivity contribution in [3.8, 4) is 0 Å². The lowest BCUT2D eigenvalue weighted by atomic mass is 10.1. The summed E-state index contributed by atoms with van der Waals surface area (Å²) in [7, 11) is 0. The summed E-state index contributed by atoms with van der Waals surface area (Å²) < 4.78 is 0. The maximum atomic E-state index is 8.12. The molecule has 536 valence electrons. The highest BCUT2D eigenvalue weighted by molar-refractivity contribution is 6.29. The Kier molecular flexibility index (Phi) is 63.9. The van der Waals surface area contributed by atoms with E-state index < -0.39 is 0 Å². The van der Waals surface area contributed by atoms with E-state index in [1.165, 1.54) is 11.1 Å². The first-order valence-corrected chi connectivity index (χ1v) is 31.7. The van der Waals surface area contributed by atoms with Crippen molar-refractivity contribution < 1.29 is 47.9 Å². The zero-order valence-electron chi connectivity index (χ0n) is 61.2. The summed E-state index contributed by atoms with van der Waals surface area (Å²) in [6.45, 7) is 43.9. The molecule has 0 saturated carbocycles. The smallest absolute Gasteiger partial charge is 0.264 e. The van der Waals surface area contributed by atoms with Gasteiger partial charge in [0.25, 0.3) is 0 Å². The van der Waals surface area contributed by atoms with Crippen molar-refractivity contribution in [3.63, 3.8) is 0 Å². The molecule has 0 aliphatic rings. The zero-order chi connectivity index (χ0) is 77.2. The number of halogens is 1. The Labute approximate surface area is 593 Å². The van der Waals surface area contributed by atoms with Crippen LogP contribution in [0, 0.1) is 20.8 Å². The number of hydrogen-bond acceptors (Lipinski definition) is 26. The summed E-state index contributed by atoms with van der Waals surface area (Å²) >= 11 is 5.54. The van der Waals surface area contributed by atoms with Crippen molar-refractivity contribution in [1.82, 2.24) is 80.9 Å². The molecule has 0 N–H and O–H groups in total. The number of pyridine rings is 2. The number of rotatable bonds is 9. The fourth-order valence-corrected chi connectivity index (χ4v) is 6.16. The van der Waals surface area contributed by atoms with Gasteiger partial charge in [-0.1, -0.05) is 148 Å². The molecule has 0 spiro atoms. The second-order valence-corrected chi connectivity index (χ2v) is 23.3. The third kappa shape index (κ3) is 58.4. The molecule has 0 aliphatic carbocycles. The van der Waals surface area contributed by atoms with Crippen LogP contribution in [0.25, 0.3) is 0 Å². The van der Waals surface area contributed by atoms with Gasteiger partial charge < -0.3 is 0 Å². The summed E-state index contributed by atoms with van der Waals surface area (Å²) in [5.74, 6) is 4.51. The lowest BCUT2D eigenvalue weighted by molar-refractivity contribution is -0.193. The molecule has 9 aromatic heterocycles. The number of nitrogens with zero attached hydrogens (tertiary/aromatic N) is 16. The van der Waals surface area contributed by atoms with Gasteiger partial charge in [-0.05, 0) is 158 Å². The minimum Gasteiger partial charge on any atom is -0.264 e. The Hall–Kier alpha value is -10.9. The Balaban J connectivity index is -0.000000330. The van der Waals surface area contributed by atoms with Gasteiger partial charge in [0, 0.05) is 68.2 Å².